The molecule has 3 fully saturated rings. The quantitative estimate of drug-likeness (QED) is 0.287. The highest BCUT2D eigenvalue weighted by atomic mass is 19.1. The molecule has 4 amide bonds. The van der Waals surface area contributed by atoms with E-state index in [2.05, 4.69) is 31.4 Å². The van der Waals surface area contributed by atoms with Crippen LogP contribution in [0.15, 0.2) is 42.5 Å². The van der Waals surface area contributed by atoms with Gasteiger partial charge >= 0.3 is 0 Å². The molecule has 2 heterocycles. The molecule has 0 spiro atoms. The molecule has 9 nitrogen and oxygen atoms in total. The maximum absolute atomic E-state index is 16.4. The Hall–Kier alpha value is -3.79. The number of hydrogen-bond donors (Lipinski definition) is 3. The van der Waals surface area contributed by atoms with Crippen LogP contribution < -0.4 is 20.4 Å². The first-order valence-corrected chi connectivity index (χ1v) is 17.6. The summed E-state index contributed by atoms with van der Waals surface area (Å²) in [5.41, 5.74) is -1.08. The first kappa shape index (κ1) is 35.5. The smallest absolute Gasteiger partial charge is 0.255 e. The molecule has 5 rings (SSSR count). The lowest BCUT2D eigenvalue weighted by Gasteiger charge is -2.41. The van der Waals surface area contributed by atoms with Gasteiger partial charge in [0.25, 0.3) is 5.91 Å². The zero-order valence-corrected chi connectivity index (χ0v) is 28.8. The molecule has 2 saturated heterocycles. The number of rotatable bonds is 11. The largest absolute Gasteiger partial charge is 0.390 e. The third kappa shape index (κ3) is 7.59. The Morgan fingerprint density at radius 2 is 1.58 bits per heavy atom. The van der Waals surface area contributed by atoms with E-state index in [0.29, 0.717) is 50.4 Å². The molecular weight excluding hydrogens is 611 g/mol. The van der Waals surface area contributed by atoms with Crippen molar-refractivity contribution in [2.24, 2.45) is 11.3 Å². The van der Waals surface area contributed by atoms with E-state index in [1.807, 2.05) is 37.3 Å². The fourth-order valence-electron chi connectivity index (χ4n) is 7.60. The molecule has 0 radical (unpaired) electrons. The van der Waals surface area contributed by atoms with Crippen LogP contribution in [0.25, 0.3) is 0 Å². The van der Waals surface area contributed by atoms with E-state index in [1.54, 1.807) is 0 Å². The topological polar surface area (TPSA) is 119 Å². The Bertz CT molecular complexity index is 1500. The first-order chi connectivity index (χ1) is 22.8. The van der Waals surface area contributed by atoms with Gasteiger partial charge in [0.1, 0.15) is 5.54 Å². The number of amides is 4. The summed E-state index contributed by atoms with van der Waals surface area (Å²) in [6.07, 6.45) is 4.68. The lowest BCUT2D eigenvalue weighted by atomic mass is 9.71. The molecule has 3 N–H and O–H groups in total. The summed E-state index contributed by atoms with van der Waals surface area (Å²) in [6, 6.07) is 11.8. The standard InChI is InChI=1S/C38H51FN4O5/c1-5-11-31(44)38(24-25-12-7-6-8-13-25,36(48)40-27-18-16-26(17-19-27)37(2,3)4)41-35(47)29-22-28(42-20-9-14-32(42)45)23-30(34(29)39)43-21-10-15-33(43)46/h6-8,12-13,22-23,26-27,31,44H,5,9-11,14-21,24H2,1-4H3,(H,40,48)(H,41,47)/t26?,27?,31-,38-/m0/s1. The summed E-state index contributed by atoms with van der Waals surface area (Å²) in [7, 11) is 0. The Balaban J connectivity index is 1.54. The SMILES string of the molecule is CCC[C@H](O)[C@](Cc1ccccc1)(NC(=O)c1cc(N2CCCC2=O)cc(N2CCCC2=O)c1F)C(=O)NC1CCC(C(C)(C)C)CC1. The molecule has 260 valence electrons. The predicted octanol–water partition coefficient (Wildman–Crippen LogP) is 5.67. The van der Waals surface area contributed by atoms with Crippen molar-refractivity contribution >= 4 is 35.0 Å². The highest BCUT2D eigenvalue weighted by molar-refractivity contribution is 6.05. The maximum atomic E-state index is 16.4. The van der Waals surface area contributed by atoms with E-state index >= 15 is 4.39 Å². The minimum Gasteiger partial charge on any atom is -0.390 e. The van der Waals surface area contributed by atoms with E-state index in [4.69, 9.17) is 0 Å². The average molecular weight is 663 g/mol. The van der Waals surface area contributed by atoms with Gasteiger partial charge in [-0.2, -0.15) is 0 Å². The summed E-state index contributed by atoms with van der Waals surface area (Å²) in [5.74, 6) is -2.20. The molecule has 0 unspecified atom stereocenters. The fraction of sp³-hybridized carbons (Fsp3) is 0.579. The van der Waals surface area contributed by atoms with E-state index < -0.39 is 29.3 Å². The summed E-state index contributed by atoms with van der Waals surface area (Å²) in [6.45, 7) is 9.29. The van der Waals surface area contributed by atoms with Gasteiger partial charge in [0.2, 0.25) is 17.7 Å². The number of nitrogens with zero attached hydrogens (tertiary/aromatic N) is 2. The zero-order chi connectivity index (χ0) is 34.6. The monoisotopic (exact) mass is 662 g/mol. The van der Waals surface area contributed by atoms with Gasteiger partial charge in [-0.1, -0.05) is 64.4 Å². The summed E-state index contributed by atoms with van der Waals surface area (Å²) >= 11 is 0. The van der Waals surface area contributed by atoms with E-state index in [-0.39, 0.29) is 53.8 Å². The number of nitrogens with one attached hydrogen (secondary N) is 2. The van der Waals surface area contributed by atoms with Crippen molar-refractivity contribution in [2.75, 3.05) is 22.9 Å². The molecule has 48 heavy (non-hydrogen) atoms. The van der Waals surface area contributed by atoms with Gasteiger partial charge in [-0.05, 0) is 74.0 Å². The third-order valence-electron chi connectivity index (χ3n) is 10.5. The number of aliphatic hydroxyl groups is 1. The van der Waals surface area contributed by atoms with Gasteiger partial charge < -0.3 is 25.5 Å². The van der Waals surface area contributed by atoms with Crippen molar-refractivity contribution in [1.29, 1.82) is 0 Å². The first-order valence-electron chi connectivity index (χ1n) is 17.6. The molecular formula is C38H51FN4O5. The van der Waals surface area contributed by atoms with Crippen molar-refractivity contribution in [3.05, 3.63) is 59.4 Å². The fourth-order valence-corrected chi connectivity index (χ4v) is 7.60. The number of anilines is 2. The van der Waals surface area contributed by atoms with Crippen LogP contribution >= 0.6 is 0 Å². The van der Waals surface area contributed by atoms with E-state index in [1.165, 1.54) is 21.9 Å². The molecule has 2 atom stereocenters. The molecule has 0 aromatic heterocycles. The van der Waals surface area contributed by atoms with Crippen LogP contribution in [0.3, 0.4) is 0 Å². The van der Waals surface area contributed by atoms with Gasteiger partial charge in [-0.3, -0.25) is 19.2 Å². The normalized spacial score (nSPS) is 22.0. The van der Waals surface area contributed by atoms with Crippen LogP contribution in [-0.4, -0.2) is 59.5 Å². The second-order valence-corrected chi connectivity index (χ2v) is 14.9. The Kier molecular flexibility index (Phi) is 10.9. The van der Waals surface area contributed by atoms with E-state index in [0.717, 1.165) is 31.2 Å². The second-order valence-electron chi connectivity index (χ2n) is 14.9. The van der Waals surface area contributed by atoms with Crippen molar-refractivity contribution < 1.29 is 28.7 Å². The van der Waals surface area contributed by atoms with Crippen molar-refractivity contribution in [2.45, 2.75) is 116 Å². The number of benzene rings is 2. The molecule has 1 saturated carbocycles. The summed E-state index contributed by atoms with van der Waals surface area (Å²) in [5, 5.41) is 17.8. The molecule has 2 aromatic rings. The Labute approximate surface area is 283 Å². The zero-order valence-electron chi connectivity index (χ0n) is 28.8. The Morgan fingerprint density at radius 3 is 2.15 bits per heavy atom. The average Bonchev–Trinajstić information content (AvgIpc) is 3.68. The van der Waals surface area contributed by atoms with Crippen LogP contribution in [0, 0.1) is 17.2 Å². The number of hydrogen-bond acceptors (Lipinski definition) is 5. The number of carbonyl (C=O) groups is 4. The lowest BCUT2D eigenvalue weighted by molar-refractivity contribution is -0.133. The van der Waals surface area contributed by atoms with Crippen LogP contribution in [-0.2, 0) is 20.8 Å². The lowest BCUT2D eigenvalue weighted by Crippen LogP contribution is -2.67. The van der Waals surface area contributed by atoms with Crippen LogP contribution in [0.1, 0.15) is 108 Å². The predicted molar refractivity (Wildman–Crippen MR) is 184 cm³/mol. The highest BCUT2D eigenvalue weighted by Crippen LogP contribution is 2.38. The molecule has 1 aliphatic carbocycles. The van der Waals surface area contributed by atoms with Gasteiger partial charge in [-0.15, -0.1) is 0 Å². The number of aliphatic hydroxyl groups excluding tert-OH is 1. The minimum atomic E-state index is -1.83. The Morgan fingerprint density at radius 1 is 0.958 bits per heavy atom. The van der Waals surface area contributed by atoms with Crippen molar-refractivity contribution in [3.63, 3.8) is 0 Å². The van der Waals surface area contributed by atoms with Gasteiger partial charge in [-0.25, -0.2) is 4.39 Å². The molecule has 2 aliphatic heterocycles. The number of halogens is 1. The summed E-state index contributed by atoms with van der Waals surface area (Å²) < 4.78 is 16.4. The second kappa shape index (κ2) is 14.8. The molecule has 2 aromatic carbocycles. The van der Waals surface area contributed by atoms with Crippen molar-refractivity contribution in [1.82, 2.24) is 10.6 Å². The molecule has 0 bridgehead atoms. The van der Waals surface area contributed by atoms with Gasteiger partial charge in [0.05, 0.1) is 17.4 Å². The van der Waals surface area contributed by atoms with Crippen LogP contribution in [0.5, 0.6) is 0 Å². The summed E-state index contributed by atoms with van der Waals surface area (Å²) in [4.78, 5) is 57.2. The van der Waals surface area contributed by atoms with Crippen LogP contribution in [0.4, 0.5) is 15.8 Å². The highest BCUT2D eigenvalue weighted by Gasteiger charge is 2.48. The van der Waals surface area contributed by atoms with Gasteiger partial charge in [0.15, 0.2) is 5.82 Å². The molecule has 3 aliphatic rings. The number of carbonyl (C=O) groups excluding carboxylic acids is 4. The van der Waals surface area contributed by atoms with Crippen molar-refractivity contribution in [3.8, 4) is 0 Å². The third-order valence-corrected chi connectivity index (χ3v) is 10.5. The van der Waals surface area contributed by atoms with Gasteiger partial charge in [0, 0.05) is 44.1 Å². The van der Waals surface area contributed by atoms with E-state index in [9.17, 15) is 24.3 Å². The minimum absolute atomic E-state index is 0.0205. The molecule has 10 heteroatoms. The maximum Gasteiger partial charge on any atom is 0.255 e. The van der Waals surface area contributed by atoms with Crippen LogP contribution in [0.2, 0.25) is 0 Å².